The van der Waals surface area contributed by atoms with Crippen LogP contribution in [0.3, 0.4) is 0 Å². The van der Waals surface area contributed by atoms with Crippen LogP contribution in [0.25, 0.3) is 11.0 Å². The van der Waals surface area contributed by atoms with Gasteiger partial charge in [-0.3, -0.25) is 4.79 Å². The maximum atomic E-state index is 12.9. The van der Waals surface area contributed by atoms with E-state index in [1.165, 1.54) is 16.7 Å². The van der Waals surface area contributed by atoms with Crippen molar-refractivity contribution in [2.45, 2.75) is 32.3 Å². The first-order valence-electron chi connectivity index (χ1n) is 12.0. The van der Waals surface area contributed by atoms with Crippen molar-refractivity contribution in [1.29, 1.82) is 0 Å². The van der Waals surface area contributed by atoms with E-state index in [1.54, 1.807) is 23.1 Å². The fourth-order valence-electron chi connectivity index (χ4n) is 4.22. The minimum atomic E-state index is -0.545. The largest absolute Gasteiger partial charge is 0.491 e. The summed E-state index contributed by atoms with van der Waals surface area (Å²) in [5.41, 5.74) is 1.41. The van der Waals surface area contributed by atoms with Crippen LogP contribution in [0, 0.1) is 0 Å². The lowest BCUT2D eigenvalue weighted by Gasteiger charge is -2.28. The summed E-state index contributed by atoms with van der Waals surface area (Å²) < 4.78 is 17.3. The van der Waals surface area contributed by atoms with Gasteiger partial charge < -0.3 is 28.8 Å². The van der Waals surface area contributed by atoms with Gasteiger partial charge in [0.2, 0.25) is 11.2 Å². The lowest BCUT2D eigenvalue weighted by molar-refractivity contribution is -1.00. The van der Waals surface area contributed by atoms with Gasteiger partial charge >= 0.3 is 0 Å². The highest BCUT2D eigenvalue weighted by Crippen LogP contribution is 2.27. The molecule has 0 amide bonds. The second-order valence-electron chi connectivity index (χ2n) is 10.3. The van der Waals surface area contributed by atoms with E-state index in [1.807, 2.05) is 24.3 Å². The number of aliphatic hydroxyl groups excluding tert-OH is 1. The molecule has 2 heterocycles. The molecule has 7 nitrogen and oxygen atoms in total. The molecule has 1 aliphatic rings. The summed E-state index contributed by atoms with van der Waals surface area (Å²) in [6.07, 6.45) is 0.788. The Balaban J connectivity index is 1.39. The normalized spacial score (nSPS) is 19.7. The van der Waals surface area contributed by atoms with Crippen molar-refractivity contribution in [3.63, 3.8) is 0 Å². The molecule has 34 heavy (non-hydrogen) atoms. The number of aliphatic hydroxyl groups is 1. The van der Waals surface area contributed by atoms with Crippen molar-refractivity contribution in [3.8, 4) is 17.2 Å². The molecule has 2 aromatic carbocycles. The van der Waals surface area contributed by atoms with Crippen LogP contribution >= 0.6 is 0 Å². The maximum Gasteiger partial charge on any atom is 0.235 e. The third kappa shape index (κ3) is 5.97. The number of hydrogen-bond donors (Lipinski definition) is 3. The number of piperazine rings is 1. The monoisotopic (exact) mass is 468 g/mol. The number of hydrogen-bond acceptors (Lipinski definition) is 5. The number of fused-ring (bicyclic) bond motifs is 1. The second kappa shape index (κ2) is 10.2. The van der Waals surface area contributed by atoms with Crippen molar-refractivity contribution in [3.05, 3.63) is 64.5 Å². The van der Waals surface area contributed by atoms with E-state index in [2.05, 4.69) is 27.8 Å². The van der Waals surface area contributed by atoms with E-state index in [9.17, 15) is 9.90 Å². The summed E-state index contributed by atoms with van der Waals surface area (Å²) >= 11 is 0. The summed E-state index contributed by atoms with van der Waals surface area (Å²) in [6, 6.07) is 12.8. The minimum Gasteiger partial charge on any atom is -0.491 e. The van der Waals surface area contributed by atoms with Gasteiger partial charge in [-0.05, 0) is 35.2 Å². The Morgan fingerprint density at radius 3 is 2.38 bits per heavy atom. The number of rotatable bonds is 7. The molecule has 0 aliphatic carbocycles. The van der Waals surface area contributed by atoms with Gasteiger partial charge in [0.25, 0.3) is 0 Å². The molecule has 7 heteroatoms. The molecule has 182 valence electrons. The predicted molar refractivity (Wildman–Crippen MR) is 131 cm³/mol. The van der Waals surface area contributed by atoms with Gasteiger partial charge in [-0.25, -0.2) is 0 Å². The summed E-state index contributed by atoms with van der Waals surface area (Å²) in [5.74, 6) is 1.27. The second-order valence-corrected chi connectivity index (χ2v) is 10.3. The molecule has 1 fully saturated rings. The van der Waals surface area contributed by atoms with Gasteiger partial charge in [-0.1, -0.05) is 32.9 Å². The molecule has 4 rings (SSSR count). The van der Waals surface area contributed by atoms with Crippen molar-refractivity contribution in [1.82, 2.24) is 0 Å². The Kier molecular flexibility index (Phi) is 7.26. The quantitative estimate of drug-likeness (QED) is 0.483. The fraction of sp³-hybridized carbons (Fsp3) is 0.444. The van der Waals surface area contributed by atoms with Gasteiger partial charge in [0, 0.05) is 6.07 Å². The van der Waals surface area contributed by atoms with E-state index in [-0.39, 0.29) is 23.2 Å². The predicted octanol–water partition coefficient (Wildman–Crippen LogP) is 1.04. The molecule has 1 unspecified atom stereocenters. The van der Waals surface area contributed by atoms with Crippen molar-refractivity contribution >= 4 is 11.0 Å². The Morgan fingerprint density at radius 2 is 1.71 bits per heavy atom. The van der Waals surface area contributed by atoms with Crippen LogP contribution in [0.1, 0.15) is 26.3 Å². The highest BCUT2D eigenvalue weighted by atomic mass is 16.5. The van der Waals surface area contributed by atoms with Crippen LogP contribution in [-0.4, -0.2) is 57.6 Å². The molecule has 0 spiro atoms. The molecular formula is C27H36N2O5+2. The average molecular weight is 469 g/mol. The van der Waals surface area contributed by atoms with Gasteiger partial charge in [-0.2, -0.15) is 0 Å². The molecule has 3 N–H and O–H groups in total. The number of ether oxygens (including phenoxy) is 2. The van der Waals surface area contributed by atoms with E-state index in [4.69, 9.17) is 13.9 Å². The first kappa shape index (κ1) is 24.3. The number of benzene rings is 2. The van der Waals surface area contributed by atoms with Gasteiger partial charge in [-0.15, -0.1) is 0 Å². The first-order valence-corrected chi connectivity index (χ1v) is 12.0. The van der Waals surface area contributed by atoms with Gasteiger partial charge in [0.1, 0.15) is 68.8 Å². The molecule has 1 atom stereocenters. The SMILES string of the molecule is C[NH+]1CC[NH+](CC(O)COc2ccc3c(=O)c(Oc4ccc(C(C)(C)C)cc4)coc3c2)CC1. The van der Waals surface area contributed by atoms with Crippen LogP contribution in [0.5, 0.6) is 17.2 Å². The third-order valence-corrected chi connectivity index (χ3v) is 6.44. The molecular weight excluding hydrogens is 432 g/mol. The number of nitrogens with one attached hydrogen (secondary N) is 2. The van der Waals surface area contributed by atoms with Crippen LogP contribution in [0.2, 0.25) is 0 Å². The Bertz CT molecular complexity index is 1160. The lowest BCUT2D eigenvalue weighted by Crippen LogP contribution is -3.27. The standard InChI is InChI=1S/C27H34N2O5/c1-27(2,3)19-5-7-21(8-6-19)34-25-18-33-24-15-22(9-10-23(24)26(25)31)32-17-20(30)16-29-13-11-28(4)12-14-29/h5-10,15,18,20,30H,11-14,16-17H2,1-4H3/p+2. The van der Waals surface area contributed by atoms with Crippen LogP contribution in [-0.2, 0) is 5.41 Å². The summed E-state index contributed by atoms with van der Waals surface area (Å²) in [6.45, 7) is 11.7. The molecule has 1 aromatic heterocycles. The maximum absolute atomic E-state index is 12.9. The highest BCUT2D eigenvalue weighted by Gasteiger charge is 2.23. The van der Waals surface area contributed by atoms with Crippen molar-refractivity contribution < 1.29 is 28.8 Å². The minimum absolute atomic E-state index is 0.0445. The number of quaternary nitrogens is 2. The zero-order valence-corrected chi connectivity index (χ0v) is 20.5. The van der Waals surface area contributed by atoms with Crippen LogP contribution in [0.15, 0.2) is 57.9 Å². The molecule has 1 saturated heterocycles. The highest BCUT2D eigenvalue weighted by molar-refractivity contribution is 5.79. The van der Waals surface area contributed by atoms with Crippen molar-refractivity contribution in [2.75, 3.05) is 46.4 Å². The smallest absolute Gasteiger partial charge is 0.235 e. The topological polar surface area (TPSA) is 77.8 Å². The van der Waals surface area contributed by atoms with Gasteiger partial charge in [0.05, 0.1) is 12.4 Å². The molecule has 1 aliphatic heterocycles. The fourth-order valence-corrected chi connectivity index (χ4v) is 4.22. The molecule has 0 saturated carbocycles. The zero-order chi connectivity index (χ0) is 24.3. The Morgan fingerprint density at radius 1 is 1.03 bits per heavy atom. The lowest BCUT2D eigenvalue weighted by atomic mass is 9.87. The van der Waals surface area contributed by atoms with E-state index in [0.29, 0.717) is 29.0 Å². The Labute approximate surface area is 200 Å². The molecule has 0 radical (unpaired) electrons. The van der Waals surface area contributed by atoms with E-state index in [0.717, 1.165) is 26.2 Å². The van der Waals surface area contributed by atoms with Gasteiger partial charge in [0.15, 0.2) is 0 Å². The van der Waals surface area contributed by atoms with Crippen molar-refractivity contribution in [2.24, 2.45) is 0 Å². The average Bonchev–Trinajstić information content (AvgIpc) is 2.81. The molecule has 3 aromatic rings. The molecule has 0 bridgehead atoms. The van der Waals surface area contributed by atoms with Crippen LogP contribution < -0.4 is 24.7 Å². The first-order chi connectivity index (χ1) is 16.2. The van der Waals surface area contributed by atoms with E-state index >= 15 is 0 Å². The number of likely N-dealkylation sites (N-methyl/N-ethyl adjacent to an activating group) is 1. The summed E-state index contributed by atoms with van der Waals surface area (Å²) in [5, 5.41) is 10.8. The van der Waals surface area contributed by atoms with E-state index < -0.39 is 6.10 Å². The van der Waals surface area contributed by atoms with Crippen LogP contribution in [0.4, 0.5) is 0 Å². The third-order valence-electron chi connectivity index (χ3n) is 6.44. The summed E-state index contributed by atoms with van der Waals surface area (Å²) in [7, 11) is 2.20. The Hall–Kier alpha value is -2.87. The summed E-state index contributed by atoms with van der Waals surface area (Å²) in [4.78, 5) is 15.9. The zero-order valence-electron chi connectivity index (χ0n) is 20.5.